The van der Waals surface area contributed by atoms with Gasteiger partial charge in [0.05, 0.1) is 24.1 Å². The highest BCUT2D eigenvalue weighted by molar-refractivity contribution is 7.89. The molecule has 0 spiro atoms. The average Bonchev–Trinajstić information content (AvgIpc) is 3.49. The van der Waals surface area contributed by atoms with Gasteiger partial charge in [-0.15, -0.1) is 0 Å². The van der Waals surface area contributed by atoms with Crippen LogP contribution in [0.15, 0.2) is 53.4 Å². The molecule has 1 saturated carbocycles. The highest BCUT2D eigenvalue weighted by Crippen LogP contribution is 2.38. The van der Waals surface area contributed by atoms with Gasteiger partial charge in [-0.3, -0.25) is 9.59 Å². The van der Waals surface area contributed by atoms with Crippen LogP contribution in [0.25, 0.3) is 0 Å². The third kappa shape index (κ3) is 3.63. The minimum atomic E-state index is -3.96. The normalized spacial score (nSPS) is 19.8. The molecule has 9 heteroatoms. The molecule has 2 amide bonds. The molecule has 1 aliphatic carbocycles. The maximum atomic E-state index is 13.3. The molecule has 4 rings (SSSR count). The number of ether oxygens (including phenoxy) is 1. The molecule has 29 heavy (non-hydrogen) atoms. The van der Waals surface area contributed by atoms with E-state index in [1.165, 1.54) is 23.5 Å². The van der Waals surface area contributed by atoms with E-state index in [0.717, 1.165) is 4.90 Å². The summed E-state index contributed by atoms with van der Waals surface area (Å²) in [5.41, 5.74) is 0.379. The molecule has 2 aromatic carbocycles. The van der Waals surface area contributed by atoms with E-state index in [0.29, 0.717) is 29.3 Å². The molecule has 0 aromatic heterocycles. The fourth-order valence-electron chi connectivity index (χ4n) is 3.49. The summed E-state index contributed by atoms with van der Waals surface area (Å²) in [7, 11) is -2.46. The maximum Gasteiger partial charge on any atom is 0.252 e. The first-order valence-corrected chi connectivity index (χ1v) is 10.9. The lowest BCUT2D eigenvalue weighted by atomic mass is 10.2. The predicted molar refractivity (Wildman–Crippen MR) is 107 cm³/mol. The second kappa shape index (κ2) is 7.44. The van der Waals surface area contributed by atoms with Gasteiger partial charge in [-0.1, -0.05) is 11.6 Å². The Balaban J connectivity index is 1.67. The zero-order valence-electron chi connectivity index (χ0n) is 15.6. The lowest BCUT2D eigenvalue weighted by Crippen LogP contribution is -2.46. The largest absolute Gasteiger partial charge is 0.497 e. The van der Waals surface area contributed by atoms with E-state index in [2.05, 4.69) is 0 Å². The summed E-state index contributed by atoms with van der Waals surface area (Å²) in [5, 5.41) is 0.478. The van der Waals surface area contributed by atoms with Crippen molar-refractivity contribution in [2.45, 2.75) is 36.2 Å². The van der Waals surface area contributed by atoms with Gasteiger partial charge in [0.25, 0.3) is 5.91 Å². The Morgan fingerprint density at radius 2 is 1.66 bits per heavy atom. The van der Waals surface area contributed by atoms with E-state index < -0.39 is 27.9 Å². The number of nitrogens with zero attached hydrogens (tertiary/aromatic N) is 2. The third-order valence-electron chi connectivity index (χ3n) is 5.06. The molecule has 152 valence electrons. The Kier molecular flexibility index (Phi) is 5.10. The van der Waals surface area contributed by atoms with Crippen molar-refractivity contribution in [2.75, 3.05) is 12.0 Å². The average molecular weight is 435 g/mol. The van der Waals surface area contributed by atoms with Gasteiger partial charge in [-0.2, -0.15) is 4.31 Å². The van der Waals surface area contributed by atoms with Crippen molar-refractivity contribution < 1.29 is 22.7 Å². The van der Waals surface area contributed by atoms with Crippen molar-refractivity contribution >= 4 is 39.1 Å². The van der Waals surface area contributed by atoms with Gasteiger partial charge in [0, 0.05) is 11.1 Å². The number of imide groups is 1. The highest BCUT2D eigenvalue weighted by atomic mass is 35.5. The quantitative estimate of drug-likeness (QED) is 0.653. The minimum absolute atomic E-state index is 0.0652. The van der Waals surface area contributed by atoms with E-state index in [4.69, 9.17) is 16.3 Å². The Morgan fingerprint density at radius 1 is 1.03 bits per heavy atom. The van der Waals surface area contributed by atoms with E-state index in [-0.39, 0.29) is 17.4 Å². The minimum Gasteiger partial charge on any atom is -0.497 e. The molecule has 1 heterocycles. The molecule has 2 aromatic rings. The number of anilines is 1. The molecule has 1 saturated heterocycles. The molecule has 2 fully saturated rings. The Morgan fingerprint density at radius 3 is 2.21 bits per heavy atom. The van der Waals surface area contributed by atoms with Crippen molar-refractivity contribution in [3.8, 4) is 5.75 Å². The molecular formula is C20H19ClN2O5S. The van der Waals surface area contributed by atoms with Crippen molar-refractivity contribution in [2.24, 2.45) is 0 Å². The smallest absolute Gasteiger partial charge is 0.252 e. The van der Waals surface area contributed by atoms with E-state index >= 15 is 0 Å². The number of benzene rings is 2. The lowest BCUT2D eigenvalue weighted by Gasteiger charge is -2.26. The summed E-state index contributed by atoms with van der Waals surface area (Å²) in [6.45, 7) is 0. The number of amides is 2. The molecule has 7 nitrogen and oxygen atoms in total. The number of halogens is 1. The molecule has 0 bridgehead atoms. The van der Waals surface area contributed by atoms with Gasteiger partial charge in [-0.05, 0) is 61.4 Å². The molecule has 1 atom stereocenters. The summed E-state index contributed by atoms with van der Waals surface area (Å²) in [6, 6.07) is 11.0. The summed E-state index contributed by atoms with van der Waals surface area (Å²) >= 11 is 5.88. The monoisotopic (exact) mass is 434 g/mol. The first kappa shape index (κ1) is 19.9. The summed E-state index contributed by atoms with van der Waals surface area (Å²) < 4.78 is 32.9. The molecule has 1 aliphatic heterocycles. The van der Waals surface area contributed by atoms with Crippen LogP contribution in [0.1, 0.15) is 19.3 Å². The van der Waals surface area contributed by atoms with E-state index in [1.54, 1.807) is 36.4 Å². The SMILES string of the molecule is COc1ccc(S(=O)(=O)N(C2CC2)C2CC(=O)N(c3ccc(Cl)cc3)C2=O)cc1. The second-order valence-electron chi connectivity index (χ2n) is 7.01. The van der Waals surface area contributed by atoms with Crippen LogP contribution >= 0.6 is 11.6 Å². The third-order valence-corrected chi connectivity index (χ3v) is 7.28. The zero-order chi connectivity index (χ0) is 20.8. The van der Waals surface area contributed by atoms with E-state index in [1.807, 2.05) is 0 Å². The van der Waals surface area contributed by atoms with Crippen molar-refractivity contribution in [3.05, 3.63) is 53.6 Å². The van der Waals surface area contributed by atoms with Gasteiger partial charge in [-0.25, -0.2) is 13.3 Å². The van der Waals surface area contributed by atoms with Gasteiger partial charge in [0.15, 0.2) is 0 Å². The van der Waals surface area contributed by atoms with Crippen LogP contribution in [-0.2, 0) is 19.6 Å². The van der Waals surface area contributed by atoms with Crippen molar-refractivity contribution in [3.63, 3.8) is 0 Å². The van der Waals surface area contributed by atoms with Gasteiger partial charge in [0.1, 0.15) is 11.8 Å². The number of rotatable bonds is 6. The fraction of sp³-hybridized carbons (Fsp3) is 0.300. The standard InChI is InChI=1S/C20H19ClN2O5S/c1-28-16-8-10-17(11-9-16)29(26,27)23(15-6-7-15)18-12-19(24)22(20(18)25)14-4-2-13(21)3-5-14/h2-5,8-11,15,18H,6-7,12H2,1H3. The number of hydrogen-bond donors (Lipinski definition) is 0. The molecule has 2 aliphatic rings. The van der Waals surface area contributed by atoms with Crippen LogP contribution in [0.2, 0.25) is 5.02 Å². The van der Waals surface area contributed by atoms with Crippen LogP contribution in [0.3, 0.4) is 0 Å². The van der Waals surface area contributed by atoms with Gasteiger partial charge in [0.2, 0.25) is 15.9 Å². The summed E-state index contributed by atoms with van der Waals surface area (Å²) in [4.78, 5) is 26.8. The first-order valence-electron chi connectivity index (χ1n) is 9.13. The number of carbonyl (C=O) groups is 2. The van der Waals surface area contributed by atoms with Crippen LogP contribution in [0.4, 0.5) is 5.69 Å². The number of sulfonamides is 1. The zero-order valence-corrected chi connectivity index (χ0v) is 17.2. The van der Waals surface area contributed by atoms with E-state index in [9.17, 15) is 18.0 Å². The number of methoxy groups -OCH3 is 1. The van der Waals surface area contributed by atoms with Crippen LogP contribution in [-0.4, -0.2) is 43.7 Å². The molecule has 0 N–H and O–H groups in total. The first-order chi connectivity index (χ1) is 13.8. The number of carbonyl (C=O) groups excluding carboxylic acids is 2. The Bertz CT molecular complexity index is 1050. The lowest BCUT2D eigenvalue weighted by molar-refractivity contribution is -0.122. The van der Waals surface area contributed by atoms with Crippen LogP contribution < -0.4 is 9.64 Å². The summed E-state index contributed by atoms with van der Waals surface area (Å²) in [5.74, 6) is -0.442. The van der Waals surface area contributed by atoms with Crippen molar-refractivity contribution in [1.29, 1.82) is 0 Å². The summed E-state index contributed by atoms with van der Waals surface area (Å²) in [6.07, 6.45) is 1.13. The van der Waals surface area contributed by atoms with Gasteiger partial charge >= 0.3 is 0 Å². The Hall–Kier alpha value is -2.42. The topological polar surface area (TPSA) is 84.0 Å². The maximum absolute atomic E-state index is 13.3. The molecule has 0 radical (unpaired) electrons. The Labute approximate surface area is 173 Å². The van der Waals surface area contributed by atoms with Crippen molar-refractivity contribution in [1.82, 2.24) is 4.31 Å². The molecular weight excluding hydrogens is 416 g/mol. The number of hydrogen-bond acceptors (Lipinski definition) is 5. The van der Waals surface area contributed by atoms with Gasteiger partial charge < -0.3 is 4.74 Å². The predicted octanol–water partition coefficient (Wildman–Crippen LogP) is 2.83. The van der Waals surface area contributed by atoms with Crippen LogP contribution in [0, 0.1) is 0 Å². The highest BCUT2D eigenvalue weighted by Gasteiger charge is 2.51. The molecule has 1 unspecified atom stereocenters. The van der Waals surface area contributed by atoms with Crippen LogP contribution in [0.5, 0.6) is 5.75 Å². The second-order valence-corrected chi connectivity index (χ2v) is 9.28. The fourth-order valence-corrected chi connectivity index (χ4v) is 5.45.